The summed E-state index contributed by atoms with van der Waals surface area (Å²) in [7, 11) is 1.98. The number of carbonyl (C=O) groups is 1. The van der Waals surface area contributed by atoms with E-state index in [1.54, 1.807) is 0 Å². The highest BCUT2D eigenvalue weighted by atomic mass is 35.5. The first-order chi connectivity index (χ1) is 8.69. The van der Waals surface area contributed by atoms with Crippen molar-refractivity contribution in [1.82, 2.24) is 10.2 Å². The Kier molecular flexibility index (Phi) is 7.11. The number of hydrogen-bond acceptors (Lipinski definition) is 3. The first-order valence-electron chi connectivity index (χ1n) is 7.27. The maximum Gasteiger partial charge on any atom is 0.222 e. The van der Waals surface area contributed by atoms with Gasteiger partial charge in [-0.3, -0.25) is 4.79 Å². The molecule has 112 valence electrons. The smallest absolute Gasteiger partial charge is 0.222 e. The fourth-order valence-electron chi connectivity index (χ4n) is 3.05. The fraction of sp³-hybridized carbons (Fsp3) is 0.929. The summed E-state index contributed by atoms with van der Waals surface area (Å²) in [6.07, 6.45) is 5.67. The molecule has 19 heavy (non-hydrogen) atoms. The maximum absolute atomic E-state index is 12.1. The molecular weight excluding hydrogens is 264 g/mol. The third kappa shape index (κ3) is 4.93. The summed E-state index contributed by atoms with van der Waals surface area (Å²) < 4.78 is 5.75. The lowest BCUT2D eigenvalue weighted by Gasteiger charge is -2.18. The van der Waals surface area contributed by atoms with Crippen molar-refractivity contribution in [3.63, 3.8) is 0 Å². The van der Waals surface area contributed by atoms with Crippen LogP contribution < -0.4 is 5.32 Å². The van der Waals surface area contributed by atoms with Crippen LogP contribution in [0, 0.1) is 5.92 Å². The Morgan fingerprint density at radius 1 is 1.37 bits per heavy atom. The van der Waals surface area contributed by atoms with Gasteiger partial charge in [0.05, 0.1) is 12.2 Å². The van der Waals surface area contributed by atoms with Crippen molar-refractivity contribution in [2.24, 2.45) is 5.92 Å². The first-order valence-corrected chi connectivity index (χ1v) is 7.27. The third-order valence-corrected chi connectivity index (χ3v) is 4.13. The minimum Gasteiger partial charge on any atom is -0.375 e. The molecule has 2 heterocycles. The van der Waals surface area contributed by atoms with Crippen LogP contribution in [0.3, 0.4) is 0 Å². The Balaban J connectivity index is 0.00000180. The zero-order valence-electron chi connectivity index (χ0n) is 12.1. The van der Waals surface area contributed by atoms with Gasteiger partial charge in [0.25, 0.3) is 0 Å². The Morgan fingerprint density at radius 2 is 2.16 bits per heavy atom. The van der Waals surface area contributed by atoms with Crippen molar-refractivity contribution in [2.45, 2.75) is 51.2 Å². The number of ether oxygens (including phenoxy) is 1. The molecule has 0 aromatic carbocycles. The van der Waals surface area contributed by atoms with Crippen LogP contribution in [0.5, 0.6) is 0 Å². The highest BCUT2D eigenvalue weighted by Crippen LogP contribution is 2.23. The molecule has 1 amide bonds. The van der Waals surface area contributed by atoms with E-state index in [0.717, 1.165) is 45.3 Å². The van der Waals surface area contributed by atoms with Crippen LogP contribution in [0.2, 0.25) is 0 Å². The SMILES string of the molecule is CNCC1CCN(C(=O)CCC2CCC(C)O2)C1.Cl. The van der Waals surface area contributed by atoms with Crippen LogP contribution in [-0.2, 0) is 9.53 Å². The summed E-state index contributed by atoms with van der Waals surface area (Å²) in [5, 5.41) is 3.19. The molecule has 3 atom stereocenters. The number of nitrogens with one attached hydrogen (secondary N) is 1. The Morgan fingerprint density at radius 3 is 2.79 bits per heavy atom. The van der Waals surface area contributed by atoms with E-state index >= 15 is 0 Å². The summed E-state index contributed by atoms with van der Waals surface area (Å²) in [5.41, 5.74) is 0. The molecule has 0 aliphatic carbocycles. The Hall–Kier alpha value is -0.320. The van der Waals surface area contributed by atoms with E-state index in [9.17, 15) is 4.79 Å². The minimum atomic E-state index is 0. The van der Waals surface area contributed by atoms with E-state index in [1.165, 1.54) is 0 Å². The average molecular weight is 291 g/mol. The molecule has 5 heteroatoms. The van der Waals surface area contributed by atoms with Gasteiger partial charge in [0.15, 0.2) is 0 Å². The normalized spacial score (nSPS) is 30.4. The van der Waals surface area contributed by atoms with Crippen LogP contribution in [0.25, 0.3) is 0 Å². The van der Waals surface area contributed by atoms with Crippen LogP contribution in [-0.4, -0.2) is 49.7 Å². The van der Waals surface area contributed by atoms with E-state index in [4.69, 9.17) is 4.74 Å². The third-order valence-electron chi connectivity index (χ3n) is 4.13. The lowest BCUT2D eigenvalue weighted by Crippen LogP contribution is -2.30. The molecule has 2 aliphatic heterocycles. The molecule has 2 saturated heterocycles. The van der Waals surface area contributed by atoms with Crippen molar-refractivity contribution in [1.29, 1.82) is 0 Å². The molecule has 4 nitrogen and oxygen atoms in total. The summed E-state index contributed by atoms with van der Waals surface area (Å²) in [6.45, 7) is 5.01. The molecule has 0 saturated carbocycles. The number of amides is 1. The van der Waals surface area contributed by atoms with Crippen molar-refractivity contribution < 1.29 is 9.53 Å². The van der Waals surface area contributed by atoms with Gasteiger partial charge in [-0.25, -0.2) is 0 Å². The highest BCUT2D eigenvalue weighted by molar-refractivity contribution is 5.85. The molecule has 3 unspecified atom stereocenters. The summed E-state index contributed by atoms with van der Waals surface area (Å²) >= 11 is 0. The van der Waals surface area contributed by atoms with Crippen LogP contribution in [0.15, 0.2) is 0 Å². The molecule has 0 aromatic rings. The molecule has 0 aromatic heterocycles. The zero-order valence-corrected chi connectivity index (χ0v) is 12.9. The average Bonchev–Trinajstić information content (AvgIpc) is 2.96. The monoisotopic (exact) mass is 290 g/mol. The predicted molar refractivity (Wildman–Crippen MR) is 78.7 cm³/mol. The van der Waals surface area contributed by atoms with E-state index < -0.39 is 0 Å². The number of nitrogens with zero attached hydrogens (tertiary/aromatic N) is 1. The lowest BCUT2D eigenvalue weighted by molar-refractivity contribution is -0.131. The minimum absolute atomic E-state index is 0. The number of carbonyl (C=O) groups excluding carboxylic acids is 1. The van der Waals surface area contributed by atoms with E-state index in [0.29, 0.717) is 30.5 Å². The second kappa shape index (κ2) is 8.08. The van der Waals surface area contributed by atoms with Crippen molar-refractivity contribution in [2.75, 3.05) is 26.7 Å². The van der Waals surface area contributed by atoms with Gasteiger partial charge in [0, 0.05) is 19.5 Å². The predicted octanol–water partition coefficient (Wildman–Crippen LogP) is 1.82. The zero-order chi connectivity index (χ0) is 13.0. The van der Waals surface area contributed by atoms with Gasteiger partial charge < -0.3 is 15.0 Å². The van der Waals surface area contributed by atoms with Gasteiger partial charge in [-0.2, -0.15) is 0 Å². The van der Waals surface area contributed by atoms with E-state index in [-0.39, 0.29) is 12.4 Å². The van der Waals surface area contributed by atoms with Gasteiger partial charge in [0.2, 0.25) is 5.91 Å². The van der Waals surface area contributed by atoms with Gasteiger partial charge in [0.1, 0.15) is 0 Å². The highest BCUT2D eigenvalue weighted by Gasteiger charge is 2.27. The summed E-state index contributed by atoms with van der Waals surface area (Å²) in [5.74, 6) is 0.957. The van der Waals surface area contributed by atoms with Crippen LogP contribution in [0.1, 0.15) is 39.0 Å². The first kappa shape index (κ1) is 16.7. The Labute approximate surface area is 122 Å². The van der Waals surface area contributed by atoms with Crippen molar-refractivity contribution in [3.05, 3.63) is 0 Å². The molecule has 0 spiro atoms. The van der Waals surface area contributed by atoms with Crippen LogP contribution >= 0.6 is 12.4 Å². The van der Waals surface area contributed by atoms with E-state index in [1.807, 2.05) is 11.9 Å². The maximum atomic E-state index is 12.1. The van der Waals surface area contributed by atoms with Gasteiger partial charge in [-0.1, -0.05) is 0 Å². The second-order valence-corrected chi connectivity index (χ2v) is 5.74. The van der Waals surface area contributed by atoms with E-state index in [2.05, 4.69) is 12.2 Å². The molecule has 2 fully saturated rings. The second-order valence-electron chi connectivity index (χ2n) is 5.74. The Bertz CT molecular complexity index is 289. The summed E-state index contributed by atoms with van der Waals surface area (Å²) in [6, 6.07) is 0. The molecule has 0 radical (unpaired) electrons. The topological polar surface area (TPSA) is 41.6 Å². The van der Waals surface area contributed by atoms with Gasteiger partial charge >= 0.3 is 0 Å². The molecule has 1 N–H and O–H groups in total. The largest absolute Gasteiger partial charge is 0.375 e. The standard InChI is InChI=1S/C14H26N2O2.ClH/c1-11-3-4-13(18-11)5-6-14(17)16-8-7-12(10-16)9-15-2;/h11-13,15H,3-10H2,1-2H3;1H. The molecule has 2 aliphatic rings. The van der Waals surface area contributed by atoms with Gasteiger partial charge in [-0.05, 0) is 52.1 Å². The van der Waals surface area contributed by atoms with Crippen molar-refractivity contribution in [3.8, 4) is 0 Å². The quantitative estimate of drug-likeness (QED) is 0.840. The number of halogens is 1. The molecule has 2 rings (SSSR count). The number of hydrogen-bond donors (Lipinski definition) is 1. The van der Waals surface area contributed by atoms with Crippen LogP contribution in [0.4, 0.5) is 0 Å². The van der Waals surface area contributed by atoms with Crippen molar-refractivity contribution >= 4 is 18.3 Å². The van der Waals surface area contributed by atoms with Gasteiger partial charge in [-0.15, -0.1) is 12.4 Å². The fourth-order valence-corrected chi connectivity index (χ4v) is 3.05. The summed E-state index contributed by atoms with van der Waals surface area (Å²) in [4.78, 5) is 14.1. The molecule has 0 bridgehead atoms. The number of rotatable bonds is 5. The lowest BCUT2D eigenvalue weighted by atomic mass is 10.1. The number of likely N-dealkylation sites (tertiary alicyclic amines) is 1. The molecular formula is C14H27ClN2O2.